The SMILES string of the molecule is Cc1ccc(NC(=O)Nc2ccc(F)c(Cl)c2)cc1Nc1ccc2c(c1)NC(=O)/C2=C\c1ccc[nH]1. The van der Waals surface area contributed by atoms with E-state index in [0.29, 0.717) is 22.6 Å². The summed E-state index contributed by atoms with van der Waals surface area (Å²) in [4.78, 5) is 28.0. The van der Waals surface area contributed by atoms with E-state index in [1.807, 2.05) is 49.4 Å². The monoisotopic (exact) mass is 501 g/mol. The molecule has 7 nitrogen and oxygen atoms in total. The van der Waals surface area contributed by atoms with Gasteiger partial charge in [0.15, 0.2) is 0 Å². The highest BCUT2D eigenvalue weighted by Crippen LogP contribution is 2.36. The van der Waals surface area contributed by atoms with Gasteiger partial charge in [-0.25, -0.2) is 9.18 Å². The van der Waals surface area contributed by atoms with Gasteiger partial charge in [0.2, 0.25) is 0 Å². The molecule has 5 rings (SSSR count). The molecule has 1 aromatic heterocycles. The average molecular weight is 502 g/mol. The van der Waals surface area contributed by atoms with Crippen LogP contribution in [0, 0.1) is 12.7 Å². The van der Waals surface area contributed by atoms with Crippen molar-refractivity contribution in [2.45, 2.75) is 6.92 Å². The smallest absolute Gasteiger partial charge is 0.323 e. The molecule has 1 aliphatic heterocycles. The molecule has 0 bridgehead atoms. The van der Waals surface area contributed by atoms with E-state index in [-0.39, 0.29) is 10.9 Å². The van der Waals surface area contributed by atoms with Gasteiger partial charge in [0.1, 0.15) is 5.82 Å². The maximum Gasteiger partial charge on any atom is 0.323 e. The van der Waals surface area contributed by atoms with Crippen LogP contribution in [0.2, 0.25) is 5.02 Å². The van der Waals surface area contributed by atoms with Crippen LogP contribution in [-0.4, -0.2) is 16.9 Å². The average Bonchev–Trinajstić information content (AvgIpc) is 3.46. The molecule has 0 atom stereocenters. The summed E-state index contributed by atoms with van der Waals surface area (Å²) >= 11 is 5.77. The number of aromatic nitrogens is 1. The maximum atomic E-state index is 13.3. The molecule has 3 aromatic carbocycles. The molecule has 36 heavy (non-hydrogen) atoms. The number of carbonyl (C=O) groups excluding carboxylic acids is 2. The number of hydrogen-bond acceptors (Lipinski definition) is 3. The summed E-state index contributed by atoms with van der Waals surface area (Å²) in [6.45, 7) is 1.94. The van der Waals surface area contributed by atoms with Crippen LogP contribution in [0.1, 0.15) is 16.8 Å². The number of nitrogens with one attached hydrogen (secondary N) is 5. The lowest BCUT2D eigenvalue weighted by atomic mass is 10.1. The molecule has 0 spiro atoms. The number of rotatable bonds is 5. The number of aromatic amines is 1. The van der Waals surface area contributed by atoms with E-state index in [0.717, 1.165) is 28.2 Å². The molecule has 0 saturated carbocycles. The first-order valence-corrected chi connectivity index (χ1v) is 11.4. The first-order valence-electron chi connectivity index (χ1n) is 11.1. The summed E-state index contributed by atoms with van der Waals surface area (Å²) in [5.41, 5.74) is 6.43. The maximum absolute atomic E-state index is 13.3. The van der Waals surface area contributed by atoms with Gasteiger partial charge in [-0.1, -0.05) is 23.7 Å². The van der Waals surface area contributed by atoms with Gasteiger partial charge in [0.25, 0.3) is 5.91 Å². The van der Waals surface area contributed by atoms with E-state index in [1.54, 1.807) is 18.3 Å². The van der Waals surface area contributed by atoms with Crippen LogP contribution >= 0.6 is 11.6 Å². The van der Waals surface area contributed by atoms with Crippen molar-refractivity contribution in [1.29, 1.82) is 0 Å². The predicted molar refractivity (Wildman–Crippen MR) is 142 cm³/mol. The van der Waals surface area contributed by atoms with E-state index in [4.69, 9.17) is 11.6 Å². The summed E-state index contributed by atoms with van der Waals surface area (Å²) < 4.78 is 13.3. The predicted octanol–water partition coefficient (Wildman–Crippen LogP) is 7.00. The van der Waals surface area contributed by atoms with Crippen molar-refractivity contribution in [2.24, 2.45) is 0 Å². The molecule has 2 heterocycles. The van der Waals surface area contributed by atoms with Crippen molar-refractivity contribution >= 4 is 63.6 Å². The van der Waals surface area contributed by atoms with Gasteiger partial charge < -0.3 is 26.3 Å². The van der Waals surface area contributed by atoms with Gasteiger partial charge in [0, 0.05) is 40.2 Å². The molecular formula is C27H21ClFN5O2. The van der Waals surface area contributed by atoms with Crippen molar-refractivity contribution in [1.82, 2.24) is 4.98 Å². The highest BCUT2D eigenvalue weighted by molar-refractivity contribution is 6.35. The molecule has 0 unspecified atom stereocenters. The zero-order valence-electron chi connectivity index (χ0n) is 19.1. The van der Waals surface area contributed by atoms with Gasteiger partial charge in [0.05, 0.1) is 16.3 Å². The van der Waals surface area contributed by atoms with Crippen molar-refractivity contribution in [3.05, 3.63) is 101 Å². The Hall–Kier alpha value is -4.56. The number of urea groups is 1. The Morgan fingerprint density at radius 3 is 2.47 bits per heavy atom. The Morgan fingerprint density at radius 1 is 0.972 bits per heavy atom. The highest BCUT2D eigenvalue weighted by atomic mass is 35.5. The Bertz CT molecular complexity index is 1510. The van der Waals surface area contributed by atoms with Crippen molar-refractivity contribution in [3.63, 3.8) is 0 Å². The third kappa shape index (κ3) is 4.94. The van der Waals surface area contributed by atoms with E-state index < -0.39 is 11.8 Å². The van der Waals surface area contributed by atoms with Crippen LogP contribution in [0.15, 0.2) is 72.9 Å². The normalized spacial score (nSPS) is 13.3. The van der Waals surface area contributed by atoms with Gasteiger partial charge in [-0.2, -0.15) is 0 Å². The number of hydrogen-bond donors (Lipinski definition) is 5. The largest absolute Gasteiger partial charge is 0.362 e. The van der Waals surface area contributed by atoms with Gasteiger partial charge >= 0.3 is 6.03 Å². The standard InChI is InChI=1S/C27H21ClFN5O2/c1-15-4-5-19(33-27(36)32-17-7-9-23(29)22(28)12-17)13-24(15)31-18-6-8-20-21(11-16-3-2-10-30-16)26(35)34-25(20)14-18/h2-14,30-31H,1H3,(H,34,35)(H2,32,33,36)/b21-11-. The fourth-order valence-electron chi connectivity index (χ4n) is 3.86. The molecular weight excluding hydrogens is 481 g/mol. The number of fused-ring (bicyclic) bond motifs is 1. The highest BCUT2D eigenvalue weighted by Gasteiger charge is 2.24. The minimum atomic E-state index is -0.559. The molecule has 0 aliphatic carbocycles. The van der Waals surface area contributed by atoms with Crippen molar-refractivity contribution in [2.75, 3.05) is 21.3 Å². The number of amides is 3. The molecule has 0 radical (unpaired) electrons. The number of carbonyl (C=O) groups is 2. The molecule has 9 heteroatoms. The van der Waals surface area contributed by atoms with Crippen LogP contribution < -0.4 is 21.3 Å². The van der Waals surface area contributed by atoms with E-state index in [2.05, 4.69) is 26.3 Å². The lowest BCUT2D eigenvalue weighted by molar-refractivity contribution is -0.110. The fourth-order valence-corrected chi connectivity index (χ4v) is 4.04. The number of benzene rings is 3. The van der Waals surface area contributed by atoms with Gasteiger partial charge in [-0.05, 0) is 73.2 Å². The summed E-state index contributed by atoms with van der Waals surface area (Å²) in [6.07, 6.45) is 3.62. The Kier molecular flexibility index (Phi) is 6.18. The number of anilines is 5. The summed E-state index contributed by atoms with van der Waals surface area (Å²) in [7, 11) is 0. The molecule has 0 fully saturated rings. The summed E-state index contributed by atoms with van der Waals surface area (Å²) in [5, 5.41) is 11.6. The lowest BCUT2D eigenvalue weighted by Gasteiger charge is -2.14. The second kappa shape index (κ2) is 9.59. The van der Waals surface area contributed by atoms with Gasteiger partial charge in [-0.3, -0.25) is 4.79 Å². The van der Waals surface area contributed by atoms with Crippen LogP contribution in [0.4, 0.5) is 37.6 Å². The van der Waals surface area contributed by atoms with E-state index >= 15 is 0 Å². The molecule has 180 valence electrons. The van der Waals surface area contributed by atoms with Crippen LogP contribution in [0.5, 0.6) is 0 Å². The topological polar surface area (TPSA) is 98.0 Å². The van der Waals surface area contributed by atoms with Crippen molar-refractivity contribution < 1.29 is 14.0 Å². The molecule has 1 aliphatic rings. The van der Waals surface area contributed by atoms with Gasteiger partial charge in [-0.15, -0.1) is 0 Å². The molecule has 4 aromatic rings. The number of halogens is 2. The molecule has 3 amide bonds. The zero-order chi connectivity index (χ0) is 25.2. The summed E-state index contributed by atoms with van der Waals surface area (Å²) in [5.74, 6) is -0.719. The Morgan fingerprint density at radius 2 is 1.72 bits per heavy atom. The Labute approximate surface area is 211 Å². The first-order chi connectivity index (χ1) is 17.4. The zero-order valence-corrected chi connectivity index (χ0v) is 19.8. The quantitative estimate of drug-likeness (QED) is 0.190. The number of H-pyrrole nitrogens is 1. The third-order valence-electron chi connectivity index (χ3n) is 5.68. The second-order valence-electron chi connectivity index (χ2n) is 8.26. The minimum Gasteiger partial charge on any atom is -0.362 e. The molecule has 5 N–H and O–H groups in total. The first kappa shape index (κ1) is 23.2. The Balaban J connectivity index is 1.31. The van der Waals surface area contributed by atoms with Crippen molar-refractivity contribution in [3.8, 4) is 0 Å². The summed E-state index contributed by atoms with van der Waals surface area (Å²) in [6, 6.07) is 18.3. The van der Waals surface area contributed by atoms with Crippen LogP contribution in [0.25, 0.3) is 11.6 Å². The van der Waals surface area contributed by atoms with Crippen LogP contribution in [-0.2, 0) is 4.79 Å². The molecule has 0 saturated heterocycles. The number of aryl methyl sites for hydroxylation is 1. The fraction of sp³-hybridized carbons (Fsp3) is 0.0370. The van der Waals surface area contributed by atoms with Crippen LogP contribution in [0.3, 0.4) is 0 Å². The van der Waals surface area contributed by atoms with E-state index in [1.165, 1.54) is 18.2 Å². The lowest BCUT2D eigenvalue weighted by Crippen LogP contribution is -2.19. The van der Waals surface area contributed by atoms with E-state index in [9.17, 15) is 14.0 Å². The third-order valence-corrected chi connectivity index (χ3v) is 5.97. The minimum absolute atomic E-state index is 0.0768. The second-order valence-corrected chi connectivity index (χ2v) is 8.67.